The highest BCUT2D eigenvalue weighted by Gasteiger charge is 2.25. The molecule has 0 bridgehead atoms. The fraction of sp³-hybridized carbons (Fsp3) is 0.381. The second-order valence-electron chi connectivity index (χ2n) is 7.27. The lowest BCUT2D eigenvalue weighted by Gasteiger charge is -2.32. The number of pyridine rings is 1. The highest BCUT2D eigenvalue weighted by atomic mass is 16.2. The molecule has 7 nitrogen and oxygen atoms in total. The molecule has 148 valence electrons. The van der Waals surface area contributed by atoms with E-state index in [9.17, 15) is 14.4 Å². The number of rotatable bonds is 4. The summed E-state index contributed by atoms with van der Waals surface area (Å²) in [5.41, 5.74) is 1.83. The minimum Gasteiger partial charge on any atom is -0.338 e. The molecule has 7 heteroatoms. The van der Waals surface area contributed by atoms with Crippen molar-refractivity contribution in [3.8, 4) is 0 Å². The highest BCUT2D eigenvalue weighted by Crippen LogP contribution is 2.18. The standard InChI is InChI=1S/C21H26N4O3/c1-15-5-7-17(8-6-15)23-21(28)22-14-16-9-12-25(13-10-16)20(27)18-4-3-11-24(2)19(18)26/h3-8,11,16H,9-10,12-14H2,1-2H3,(H2,22,23,28). The van der Waals surface area contributed by atoms with Crippen LogP contribution in [0.4, 0.5) is 10.5 Å². The van der Waals surface area contributed by atoms with E-state index in [0.717, 1.165) is 24.1 Å². The van der Waals surface area contributed by atoms with Crippen LogP contribution in [0, 0.1) is 12.8 Å². The van der Waals surface area contributed by atoms with E-state index in [4.69, 9.17) is 0 Å². The van der Waals surface area contributed by atoms with E-state index in [-0.39, 0.29) is 23.1 Å². The number of nitrogens with zero attached hydrogens (tertiary/aromatic N) is 2. The van der Waals surface area contributed by atoms with Gasteiger partial charge >= 0.3 is 6.03 Å². The van der Waals surface area contributed by atoms with Crippen LogP contribution >= 0.6 is 0 Å². The van der Waals surface area contributed by atoms with E-state index >= 15 is 0 Å². The van der Waals surface area contributed by atoms with Gasteiger partial charge in [-0.2, -0.15) is 0 Å². The number of aromatic nitrogens is 1. The van der Waals surface area contributed by atoms with Crippen LogP contribution in [0.25, 0.3) is 0 Å². The van der Waals surface area contributed by atoms with Gasteiger partial charge in [-0.25, -0.2) is 4.79 Å². The van der Waals surface area contributed by atoms with E-state index < -0.39 is 0 Å². The molecule has 0 aliphatic carbocycles. The second-order valence-corrected chi connectivity index (χ2v) is 7.27. The Bertz CT molecular complexity index is 897. The average molecular weight is 382 g/mol. The van der Waals surface area contributed by atoms with E-state index in [1.54, 1.807) is 30.3 Å². The second kappa shape index (κ2) is 8.73. The van der Waals surface area contributed by atoms with E-state index in [1.807, 2.05) is 31.2 Å². The first-order chi connectivity index (χ1) is 13.4. The molecular formula is C21H26N4O3. The first kappa shape index (κ1) is 19.7. The molecule has 1 saturated heterocycles. The monoisotopic (exact) mass is 382 g/mol. The highest BCUT2D eigenvalue weighted by molar-refractivity contribution is 5.94. The van der Waals surface area contributed by atoms with Crippen molar-refractivity contribution in [1.29, 1.82) is 0 Å². The zero-order valence-corrected chi connectivity index (χ0v) is 16.3. The maximum atomic E-state index is 12.6. The van der Waals surface area contributed by atoms with Gasteiger partial charge in [0.1, 0.15) is 5.56 Å². The van der Waals surface area contributed by atoms with Crippen LogP contribution in [0.5, 0.6) is 0 Å². The molecule has 2 N–H and O–H groups in total. The van der Waals surface area contributed by atoms with Crippen molar-refractivity contribution in [2.45, 2.75) is 19.8 Å². The van der Waals surface area contributed by atoms with Crippen LogP contribution < -0.4 is 16.2 Å². The van der Waals surface area contributed by atoms with Gasteiger partial charge in [-0.05, 0) is 49.9 Å². The Hall–Kier alpha value is -3.09. The smallest absolute Gasteiger partial charge is 0.319 e. The molecule has 3 amide bonds. The molecule has 2 heterocycles. The summed E-state index contributed by atoms with van der Waals surface area (Å²) in [5.74, 6) is 0.0937. The number of urea groups is 1. The number of amides is 3. The lowest BCUT2D eigenvalue weighted by Crippen LogP contribution is -2.43. The van der Waals surface area contributed by atoms with Crippen LogP contribution in [0.15, 0.2) is 47.4 Å². The van der Waals surface area contributed by atoms with Crippen molar-refractivity contribution in [1.82, 2.24) is 14.8 Å². The van der Waals surface area contributed by atoms with Crippen molar-refractivity contribution in [3.63, 3.8) is 0 Å². The third-order valence-electron chi connectivity index (χ3n) is 5.12. The van der Waals surface area contributed by atoms with Crippen molar-refractivity contribution >= 4 is 17.6 Å². The van der Waals surface area contributed by atoms with Gasteiger partial charge in [0, 0.05) is 38.6 Å². The Morgan fingerprint density at radius 2 is 1.79 bits per heavy atom. The van der Waals surface area contributed by atoms with Crippen molar-refractivity contribution < 1.29 is 9.59 Å². The van der Waals surface area contributed by atoms with Gasteiger partial charge in [-0.15, -0.1) is 0 Å². The minimum absolute atomic E-state index is 0.207. The number of piperidine rings is 1. The van der Waals surface area contributed by atoms with Crippen molar-refractivity contribution in [2.75, 3.05) is 25.0 Å². The maximum absolute atomic E-state index is 12.6. The zero-order valence-electron chi connectivity index (χ0n) is 16.3. The molecule has 0 saturated carbocycles. The third-order valence-corrected chi connectivity index (χ3v) is 5.12. The number of aryl methyl sites for hydroxylation is 2. The Kier molecular flexibility index (Phi) is 6.13. The van der Waals surface area contributed by atoms with Gasteiger partial charge < -0.3 is 20.1 Å². The van der Waals surface area contributed by atoms with Gasteiger partial charge in [0.15, 0.2) is 0 Å². The Labute approximate surface area is 164 Å². The summed E-state index contributed by atoms with van der Waals surface area (Å²) in [4.78, 5) is 38.5. The molecule has 28 heavy (non-hydrogen) atoms. The van der Waals surface area contributed by atoms with Gasteiger partial charge in [0.2, 0.25) is 0 Å². The molecule has 1 aromatic carbocycles. The van der Waals surface area contributed by atoms with Gasteiger partial charge in [0.05, 0.1) is 0 Å². The lowest BCUT2D eigenvalue weighted by atomic mass is 9.96. The summed E-state index contributed by atoms with van der Waals surface area (Å²) >= 11 is 0. The fourth-order valence-electron chi connectivity index (χ4n) is 3.32. The predicted molar refractivity (Wildman–Crippen MR) is 109 cm³/mol. The number of carbonyl (C=O) groups excluding carboxylic acids is 2. The quantitative estimate of drug-likeness (QED) is 0.852. The summed E-state index contributed by atoms with van der Waals surface area (Å²) in [7, 11) is 1.64. The van der Waals surface area contributed by atoms with E-state index in [0.29, 0.717) is 25.6 Å². The largest absolute Gasteiger partial charge is 0.338 e. The van der Waals surface area contributed by atoms with Crippen LogP contribution in [0.3, 0.4) is 0 Å². The molecule has 0 radical (unpaired) electrons. The Morgan fingerprint density at radius 1 is 1.11 bits per heavy atom. The number of hydrogen-bond acceptors (Lipinski definition) is 3. The first-order valence-electron chi connectivity index (χ1n) is 9.50. The summed E-state index contributed by atoms with van der Waals surface area (Å²) < 4.78 is 1.41. The van der Waals surface area contributed by atoms with Gasteiger partial charge in [-0.1, -0.05) is 17.7 Å². The van der Waals surface area contributed by atoms with Crippen molar-refractivity contribution in [2.24, 2.45) is 13.0 Å². The molecular weight excluding hydrogens is 356 g/mol. The van der Waals surface area contributed by atoms with Crippen LogP contribution in [0.1, 0.15) is 28.8 Å². The number of carbonyl (C=O) groups is 2. The number of hydrogen-bond donors (Lipinski definition) is 2. The third kappa shape index (κ3) is 4.79. The minimum atomic E-state index is -0.274. The molecule has 3 rings (SSSR count). The molecule has 1 aliphatic rings. The molecule has 2 aromatic rings. The van der Waals surface area contributed by atoms with E-state index in [1.165, 1.54) is 4.57 Å². The number of benzene rings is 1. The zero-order chi connectivity index (χ0) is 20.1. The van der Waals surface area contributed by atoms with Crippen molar-refractivity contribution in [3.05, 3.63) is 64.1 Å². The topological polar surface area (TPSA) is 83.4 Å². The molecule has 1 fully saturated rings. The molecule has 0 atom stereocenters. The molecule has 1 aromatic heterocycles. The SMILES string of the molecule is Cc1ccc(NC(=O)NCC2CCN(C(=O)c3cccn(C)c3=O)CC2)cc1. The normalized spacial score (nSPS) is 14.6. The predicted octanol–water partition coefficient (Wildman–Crippen LogP) is 2.37. The Morgan fingerprint density at radius 3 is 2.46 bits per heavy atom. The van der Waals surface area contributed by atoms with E-state index in [2.05, 4.69) is 10.6 Å². The molecule has 0 unspecified atom stereocenters. The maximum Gasteiger partial charge on any atom is 0.319 e. The lowest BCUT2D eigenvalue weighted by molar-refractivity contribution is 0.0688. The van der Waals surface area contributed by atoms with Gasteiger partial charge in [0.25, 0.3) is 11.5 Å². The molecule has 0 spiro atoms. The number of anilines is 1. The van der Waals surface area contributed by atoms with Crippen LogP contribution in [-0.4, -0.2) is 41.0 Å². The summed E-state index contributed by atoms with van der Waals surface area (Å²) in [6.07, 6.45) is 3.23. The summed E-state index contributed by atoms with van der Waals surface area (Å²) in [6.45, 7) is 3.73. The summed E-state index contributed by atoms with van der Waals surface area (Å²) in [6, 6.07) is 10.7. The van der Waals surface area contributed by atoms with Crippen LogP contribution in [-0.2, 0) is 7.05 Å². The average Bonchev–Trinajstić information content (AvgIpc) is 2.70. The van der Waals surface area contributed by atoms with Crippen LogP contribution in [0.2, 0.25) is 0 Å². The molecule has 1 aliphatic heterocycles. The van der Waals surface area contributed by atoms with Gasteiger partial charge in [-0.3, -0.25) is 9.59 Å². The fourth-order valence-corrected chi connectivity index (χ4v) is 3.32. The first-order valence-corrected chi connectivity index (χ1v) is 9.50. The number of likely N-dealkylation sites (tertiary alicyclic amines) is 1. The summed E-state index contributed by atoms with van der Waals surface area (Å²) in [5, 5.41) is 5.72. The Balaban J connectivity index is 1.45. The number of nitrogens with one attached hydrogen (secondary N) is 2.